The first-order valence-electron chi connectivity index (χ1n) is 11.5. The minimum absolute atomic E-state index is 0.0274. The molecule has 1 aromatic carbocycles. The van der Waals surface area contributed by atoms with Crippen LogP contribution < -0.4 is 25.7 Å². The molecule has 0 unspecified atom stereocenters. The largest absolute Gasteiger partial charge is 0.480 e. The lowest BCUT2D eigenvalue weighted by atomic mass is 10.0. The van der Waals surface area contributed by atoms with E-state index in [1.165, 1.54) is 55.4 Å². The SMILES string of the molecule is COc1ncc(Cl)cc1S(=O)(=O)Nc1cccc(-c2cc3cnc(N[C@@H]4CNC(=O)C4)nc3n(C)c2=O)c1F. The average molecular weight is 574 g/mol. The minimum atomic E-state index is -4.37. The Hall–Kier alpha value is -4.30. The number of methoxy groups -OCH3 is 1. The van der Waals surface area contributed by atoms with Crippen molar-refractivity contribution in [2.45, 2.75) is 17.4 Å². The van der Waals surface area contributed by atoms with Crippen LogP contribution in [-0.2, 0) is 21.9 Å². The van der Waals surface area contributed by atoms with Crippen molar-refractivity contribution in [2.75, 3.05) is 23.7 Å². The van der Waals surface area contributed by atoms with Crippen molar-refractivity contribution < 1.29 is 22.3 Å². The number of fused-ring (bicyclic) bond motifs is 1. The molecule has 1 aliphatic rings. The number of rotatable bonds is 7. The summed E-state index contributed by atoms with van der Waals surface area (Å²) in [5.41, 5.74) is -0.833. The highest BCUT2D eigenvalue weighted by Crippen LogP contribution is 2.31. The van der Waals surface area contributed by atoms with E-state index in [0.717, 1.165) is 6.07 Å². The number of anilines is 2. The first-order chi connectivity index (χ1) is 18.6. The Morgan fingerprint density at radius 1 is 1.18 bits per heavy atom. The second-order valence-corrected chi connectivity index (χ2v) is 10.8. The van der Waals surface area contributed by atoms with Gasteiger partial charge in [-0.05, 0) is 18.2 Å². The first-order valence-corrected chi connectivity index (χ1v) is 13.3. The van der Waals surface area contributed by atoms with Crippen molar-refractivity contribution in [3.63, 3.8) is 0 Å². The summed E-state index contributed by atoms with van der Waals surface area (Å²) in [7, 11) is -1.65. The fourth-order valence-corrected chi connectivity index (χ4v) is 5.60. The third kappa shape index (κ3) is 5.07. The molecule has 4 aromatic rings. The molecule has 3 N–H and O–H groups in total. The number of carbonyl (C=O) groups excluding carboxylic acids is 1. The van der Waals surface area contributed by atoms with Crippen LogP contribution in [0.5, 0.6) is 5.88 Å². The maximum absolute atomic E-state index is 15.7. The molecule has 1 saturated heterocycles. The third-order valence-corrected chi connectivity index (χ3v) is 7.63. The fourth-order valence-electron chi connectivity index (χ4n) is 4.17. The number of nitrogens with one attached hydrogen (secondary N) is 3. The number of benzene rings is 1. The molecule has 12 nitrogen and oxygen atoms in total. The van der Waals surface area contributed by atoms with Crippen LogP contribution in [0.1, 0.15) is 6.42 Å². The van der Waals surface area contributed by atoms with Crippen LogP contribution in [0.2, 0.25) is 5.02 Å². The summed E-state index contributed by atoms with van der Waals surface area (Å²) in [5.74, 6) is -1.04. The standard InChI is InChI=1S/C24H21ClFN7O5S/c1-33-21-12(9-29-24(31-21)30-14-8-19(34)27-11-14)6-16(23(33)35)15-4-3-5-17(20(15)26)32-39(36,37)18-7-13(25)10-28-22(18)38-2/h3-7,9-10,14,32H,8,11H2,1-2H3,(H,27,34)(H,29,30,31)/t14-/m0/s1. The summed E-state index contributed by atoms with van der Waals surface area (Å²) >= 11 is 5.91. The molecule has 1 aliphatic heterocycles. The second-order valence-electron chi connectivity index (χ2n) is 8.68. The number of ether oxygens (including phenoxy) is 1. The molecule has 0 aliphatic carbocycles. The van der Waals surface area contributed by atoms with Crippen molar-refractivity contribution in [1.29, 1.82) is 0 Å². The molecule has 4 heterocycles. The van der Waals surface area contributed by atoms with Gasteiger partial charge in [0.2, 0.25) is 17.7 Å². The summed E-state index contributed by atoms with van der Waals surface area (Å²) in [6.07, 6.45) is 2.96. The van der Waals surface area contributed by atoms with Crippen LogP contribution in [0, 0.1) is 5.82 Å². The molecule has 0 radical (unpaired) electrons. The Morgan fingerprint density at radius 2 is 1.97 bits per heavy atom. The van der Waals surface area contributed by atoms with E-state index in [-0.39, 0.29) is 56.9 Å². The van der Waals surface area contributed by atoms with E-state index < -0.39 is 27.1 Å². The molecular formula is C24H21ClFN7O5S. The molecule has 3 aromatic heterocycles. The number of aromatic nitrogens is 4. The lowest BCUT2D eigenvalue weighted by Crippen LogP contribution is -2.24. The monoisotopic (exact) mass is 573 g/mol. The Morgan fingerprint density at radius 3 is 2.69 bits per heavy atom. The van der Waals surface area contributed by atoms with Gasteiger partial charge in [-0.3, -0.25) is 18.9 Å². The van der Waals surface area contributed by atoms with Crippen LogP contribution in [0.25, 0.3) is 22.2 Å². The fraction of sp³-hybridized carbons (Fsp3) is 0.208. The molecule has 5 rings (SSSR count). The molecule has 1 fully saturated rings. The summed E-state index contributed by atoms with van der Waals surface area (Å²) in [6.45, 7) is 0.429. The van der Waals surface area contributed by atoms with Crippen molar-refractivity contribution in [3.05, 3.63) is 63.9 Å². The molecule has 0 saturated carbocycles. The zero-order valence-electron chi connectivity index (χ0n) is 20.5. The van der Waals surface area contributed by atoms with Gasteiger partial charge in [0, 0.05) is 43.4 Å². The Bertz CT molecular complexity index is 1800. The lowest BCUT2D eigenvalue weighted by molar-refractivity contribution is -0.119. The van der Waals surface area contributed by atoms with E-state index >= 15 is 4.39 Å². The summed E-state index contributed by atoms with van der Waals surface area (Å²) in [5, 5.41) is 6.24. The summed E-state index contributed by atoms with van der Waals surface area (Å²) in [6, 6.07) is 6.36. The number of amides is 1. The number of hydrogen-bond acceptors (Lipinski definition) is 9. The molecule has 1 atom stereocenters. The van der Waals surface area contributed by atoms with E-state index in [2.05, 4.69) is 30.3 Å². The zero-order chi connectivity index (χ0) is 27.9. The zero-order valence-corrected chi connectivity index (χ0v) is 22.1. The van der Waals surface area contributed by atoms with Gasteiger partial charge in [0.05, 0.1) is 29.4 Å². The highest BCUT2D eigenvalue weighted by molar-refractivity contribution is 7.92. The smallest absolute Gasteiger partial charge is 0.267 e. The van der Waals surface area contributed by atoms with Gasteiger partial charge >= 0.3 is 0 Å². The van der Waals surface area contributed by atoms with Crippen LogP contribution in [0.3, 0.4) is 0 Å². The highest BCUT2D eigenvalue weighted by atomic mass is 35.5. The van der Waals surface area contributed by atoms with Gasteiger partial charge < -0.3 is 15.4 Å². The van der Waals surface area contributed by atoms with Crippen LogP contribution in [0.15, 0.2) is 52.4 Å². The van der Waals surface area contributed by atoms with E-state index in [9.17, 15) is 18.0 Å². The van der Waals surface area contributed by atoms with Crippen molar-refractivity contribution in [2.24, 2.45) is 7.05 Å². The van der Waals surface area contributed by atoms with Crippen molar-refractivity contribution in [3.8, 4) is 17.0 Å². The maximum atomic E-state index is 15.7. The van der Waals surface area contributed by atoms with Gasteiger partial charge in [-0.15, -0.1) is 0 Å². The number of carbonyl (C=O) groups is 1. The number of nitrogens with zero attached hydrogens (tertiary/aromatic N) is 4. The van der Waals surface area contributed by atoms with Crippen LogP contribution >= 0.6 is 11.6 Å². The van der Waals surface area contributed by atoms with E-state index in [1.54, 1.807) is 0 Å². The molecule has 0 bridgehead atoms. The van der Waals surface area contributed by atoms with Crippen LogP contribution in [-0.4, -0.2) is 53.5 Å². The van der Waals surface area contributed by atoms with Gasteiger partial charge in [0.1, 0.15) is 5.65 Å². The number of halogens is 2. The lowest BCUT2D eigenvalue weighted by Gasteiger charge is -2.15. The number of aryl methyl sites for hydroxylation is 1. The third-order valence-electron chi connectivity index (χ3n) is 6.06. The maximum Gasteiger partial charge on any atom is 0.267 e. The Labute approximate surface area is 226 Å². The minimum Gasteiger partial charge on any atom is -0.480 e. The number of hydrogen-bond donors (Lipinski definition) is 3. The van der Waals surface area contributed by atoms with E-state index in [0.29, 0.717) is 11.9 Å². The molecule has 39 heavy (non-hydrogen) atoms. The Kier molecular flexibility index (Phi) is 6.82. The van der Waals surface area contributed by atoms with Crippen molar-refractivity contribution >= 4 is 50.2 Å². The predicted molar refractivity (Wildman–Crippen MR) is 142 cm³/mol. The van der Waals surface area contributed by atoms with E-state index in [1.807, 2.05) is 0 Å². The van der Waals surface area contributed by atoms with Gasteiger partial charge in [0.25, 0.3) is 15.6 Å². The molecule has 202 valence electrons. The Balaban J connectivity index is 1.51. The summed E-state index contributed by atoms with van der Waals surface area (Å²) < 4.78 is 50.2. The second kappa shape index (κ2) is 10.1. The average Bonchev–Trinajstić information content (AvgIpc) is 3.32. The molecule has 15 heteroatoms. The normalized spacial score (nSPS) is 15.3. The number of pyridine rings is 2. The summed E-state index contributed by atoms with van der Waals surface area (Å²) in [4.78, 5) is 36.8. The molecule has 0 spiro atoms. The number of sulfonamides is 1. The van der Waals surface area contributed by atoms with Crippen molar-refractivity contribution in [1.82, 2.24) is 24.8 Å². The van der Waals surface area contributed by atoms with E-state index in [4.69, 9.17) is 16.3 Å². The van der Waals surface area contributed by atoms with Gasteiger partial charge in [-0.1, -0.05) is 23.7 Å². The quantitative estimate of drug-likeness (QED) is 0.302. The van der Waals surface area contributed by atoms with Crippen LogP contribution in [0.4, 0.5) is 16.0 Å². The first kappa shape index (κ1) is 26.3. The van der Waals surface area contributed by atoms with Gasteiger partial charge in [-0.2, -0.15) is 4.98 Å². The predicted octanol–water partition coefficient (Wildman–Crippen LogP) is 2.29. The highest BCUT2D eigenvalue weighted by Gasteiger charge is 2.25. The van der Waals surface area contributed by atoms with Gasteiger partial charge in [-0.25, -0.2) is 22.8 Å². The van der Waals surface area contributed by atoms with Gasteiger partial charge in [0.15, 0.2) is 10.7 Å². The molecule has 1 amide bonds. The molecular weight excluding hydrogens is 553 g/mol. The topological polar surface area (TPSA) is 157 Å².